The molecule has 0 aliphatic carbocycles. The van der Waals surface area contributed by atoms with E-state index >= 15 is 0 Å². The minimum atomic E-state index is -3.38. The molecule has 96 valence electrons. The van der Waals surface area contributed by atoms with Gasteiger partial charge in [0.05, 0.1) is 11.4 Å². The standard InChI is InChI=1S/C10H16BrN3O2S/c1-7-10(8(2)13-12-7)17(15,16)14-5-3-9(11)4-6-14/h9H,3-6H2,1-2H3,(H,12,13). The number of H-pyrrole nitrogens is 1. The van der Waals surface area contributed by atoms with Gasteiger partial charge in [-0.05, 0) is 26.7 Å². The van der Waals surface area contributed by atoms with Crippen LogP contribution < -0.4 is 0 Å². The Bertz CT molecular complexity index is 484. The minimum absolute atomic E-state index is 0.338. The van der Waals surface area contributed by atoms with Crippen molar-refractivity contribution in [2.75, 3.05) is 13.1 Å². The third kappa shape index (κ3) is 2.41. The summed E-state index contributed by atoms with van der Waals surface area (Å²) < 4.78 is 26.4. The molecule has 0 atom stereocenters. The number of aryl methyl sites for hydroxylation is 2. The molecule has 5 nitrogen and oxygen atoms in total. The number of hydrogen-bond acceptors (Lipinski definition) is 3. The van der Waals surface area contributed by atoms with E-state index in [1.807, 2.05) is 0 Å². The van der Waals surface area contributed by atoms with Crippen molar-refractivity contribution in [2.24, 2.45) is 0 Å². The largest absolute Gasteiger partial charge is 0.281 e. The first-order valence-electron chi connectivity index (χ1n) is 5.58. The molecule has 7 heteroatoms. The number of piperidine rings is 1. The van der Waals surface area contributed by atoms with Crippen LogP contribution in [0.5, 0.6) is 0 Å². The van der Waals surface area contributed by atoms with Crippen molar-refractivity contribution >= 4 is 26.0 Å². The van der Waals surface area contributed by atoms with E-state index in [4.69, 9.17) is 0 Å². The molecule has 1 aromatic heterocycles. The van der Waals surface area contributed by atoms with Crippen molar-refractivity contribution in [2.45, 2.75) is 36.4 Å². The summed E-state index contributed by atoms with van der Waals surface area (Å²) in [5, 5.41) is 6.68. The molecule has 0 spiro atoms. The summed E-state index contributed by atoms with van der Waals surface area (Å²) in [5.74, 6) is 0. The summed E-state index contributed by atoms with van der Waals surface area (Å²) >= 11 is 3.52. The van der Waals surface area contributed by atoms with Crippen LogP contribution >= 0.6 is 15.9 Å². The van der Waals surface area contributed by atoms with Crippen LogP contribution in [0.2, 0.25) is 0 Å². The van der Waals surface area contributed by atoms with E-state index in [-0.39, 0.29) is 0 Å². The summed E-state index contributed by atoms with van der Waals surface area (Å²) in [7, 11) is -3.38. The van der Waals surface area contributed by atoms with Crippen LogP contribution in [0.25, 0.3) is 0 Å². The number of nitrogens with one attached hydrogen (secondary N) is 1. The summed E-state index contributed by atoms with van der Waals surface area (Å²) in [5.41, 5.74) is 1.16. The number of aromatic amines is 1. The Labute approximate surface area is 110 Å². The summed E-state index contributed by atoms with van der Waals surface area (Å²) in [4.78, 5) is 0.769. The highest BCUT2D eigenvalue weighted by Gasteiger charge is 2.32. The second kappa shape index (κ2) is 4.70. The Morgan fingerprint density at radius 1 is 1.35 bits per heavy atom. The van der Waals surface area contributed by atoms with Crippen LogP contribution in [0.1, 0.15) is 24.2 Å². The first-order valence-corrected chi connectivity index (χ1v) is 7.94. The molecule has 2 rings (SSSR count). The summed E-state index contributed by atoms with van der Waals surface area (Å²) in [6, 6.07) is 0. The second-order valence-corrected chi connectivity index (χ2v) is 7.51. The van der Waals surface area contributed by atoms with Gasteiger partial charge < -0.3 is 0 Å². The molecule has 1 fully saturated rings. The van der Waals surface area contributed by atoms with Gasteiger partial charge in [-0.25, -0.2) is 8.42 Å². The van der Waals surface area contributed by atoms with Crippen LogP contribution in [-0.2, 0) is 10.0 Å². The minimum Gasteiger partial charge on any atom is -0.281 e. The molecule has 0 saturated carbocycles. The molecule has 0 aromatic carbocycles. The van der Waals surface area contributed by atoms with Crippen molar-refractivity contribution < 1.29 is 8.42 Å². The third-order valence-corrected chi connectivity index (χ3v) is 6.12. The van der Waals surface area contributed by atoms with Crippen LogP contribution in [-0.4, -0.2) is 40.8 Å². The monoisotopic (exact) mass is 321 g/mol. The number of rotatable bonds is 2. The van der Waals surface area contributed by atoms with Crippen molar-refractivity contribution in [1.82, 2.24) is 14.5 Å². The predicted molar refractivity (Wildman–Crippen MR) is 68.8 cm³/mol. The SMILES string of the molecule is Cc1n[nH]c(C)c1S(=O)(=O)N1CCC(Br)CC1. The molecule has 0 unspecified atom stereocenters. The molecule has 1 aromatic rings. The van der Waals surface area contributed by atoms with E-state index in [0.717, 1.165) is 12.8 Å². The third-order valence-electron chi connectivity index (χ3n) is 3.04. The molecule has 2 heterocycles. The summed E-state index contributed by atoms with van der Waals surface area (Å²) in [6.45, 7) is 4.60. The van der Waals surface area contributed by atoms with Crippen LogP contribution in [0.3, 0.4) is 0 Å². The maximum absolute atomic E-state index is 12.4. The lowest BCUT2D eigenvalue weighted by Crippen LogP contribution is -2.39. The van der Waals surface area contributed by atoms with E-state index in [1.54, 1.807) is 18.2 Å². The van der Waals surface area contributed by atoms with Gasteiger partial charge in [-0.3, -0.25) is 5.10 Å². The lowest BCUT2D eigenvalue weighted by atomic mass is 10.2. The smallest absolute Gasteiger partial charge is 0.246 e. The van der Waals surface area contributed by atoms with Crippen molar-refractivity contribution in [3.05, 3.63) is 11.4 Å². The van der Waals surface area contributed by atoms with Gasteiger partial charge in [-0.1, -0.05) is 15.9 Å². The maximum Gasteiger partial charge on any atom is 0.246 e. The topological polar surface area (TPSA) is 66.1 Å². The van der Waals surface area contributed by atoms with Crippen molar-refractivity contribution in [3.63, 3.8) is 0 Å². The first kappa shape index (κ1) is 13.0. The average Bonchev–Trinajstić information content (AvgIpc) is 2.59. The zero-order valence-corrected chi connectivity index (χ0v) is 12.3. The fourth-order valence-electron chi connectivity index (χ4n) is 2.11. The number of halogens is 1. The molecule has 17 heavy (non-hydrogen) atoms. The van der Waals surface area contributed by atoms with Crippen LogP contribution in [0.4, 0.5) is 0 Å². The zero-order valence-electron chi connectivity index (χ0n) is 9.90. The van der Waals surface area contributed by atoms with E-state index in [1.165, 1.54) is 0 Å². The molecular formula is C10H16BrN3O2S. The Kier molecular flexibility index (Phi) is 3.61. The highest BCUT2D eigenvalue weighted by molar-refractivity contribution is 9.09. The Morgan fingerprint density at radius 2 is 1.94 bits per heavy atom. The molecule has 1 N–H and O–H groups in total. The van der Waals surface area contributed by atoms with Crippen molar-refractivity contribution in [3.8, 4) is 0 Å². The second-order valence-electron chi connectivity index (χ2n) is 4.34. The number of alkyl halides is 1. The number of hydrogen-bond donors (Lipinski definition) is 1. The maximum atomic E-state index is 12.4. The van der Waals surface area contributed by atoms with E-state index in [0.29, 0.717) is 34.2 Å². The summed E-state index contributed by atoms with van der Waals surface area (Å²) in [6.07, 6.45) is 1.71. The Balaban J connectivity index is 2.31. The molecule has 1 aliphatic heterocycles. The van der Waals surface area contributed by atoms with Gasteiger partial charge in [-0.2, -0.15) is 9.40 Å². The van der Waals surface area contributed by atoms with Gasteiger partial charge >= 0.3 is 0 Å². The normalized spacial score (nSPS) is 19.7. The van der Waals surface area contributed by atoms with Crippen LogP contribution in [0.15, 0.2) is 4.90 Å². The van der Waals surface area contributed by atoms with Gasteiger partial charge in [0.25, 0.3) is 0 Å². The van der Waals surface area contributed by atoms with E-state index in [9.17, 15) is 8.42 Å². The fraction of sp³-hybridized carbons (Fsp3) is 0.700. The van der Waals surface area contributed by atoms with Gasteiger partial charge in [0.1, 0.15) is 4.90 Å². The molecule has 1 saturated heterocycles. The first-order chi connectivity index (χ1) is 7.93. The molecule has 0 radical (unpaired) electrons. The van der Waals surface area contributed by atoms with E-state index < -0.39 is 10.0 Å². The predicted octanol–water partition coefficient (Wildman–Crippen LogP) is 1.57. The van der Waals surface area contributed by atoms with Gasteiger partial charge in [0.2, 0.25) is 10.0 Å². The van der Waals surface area contributed by atoms with Crippen molar-refractivity contribution in [1.29, 1.82) is 0 Å². The number of sulfonamides is 1. The Morgan fingerprint density at radius 3 is 2.41 bits per heavy atom. The number of nitrogens with zero attached hydrogens (tertiary/aromatic N) is 2. The molecular weight excluding hydrogens is 306 g/mol. The van der Waals surface area contributed by atoms with E-state index in [2.05, 4.69) is 26.1 Å². The van der Waals surface area contributed by atoms with Crippen LogP contribution in [0, 0.1) is 13.8 Å². The quantitative estimate of drug-likeness (QED) is 0.841. The number of aromatic nitrogens is 2. The lowest BCUT2D eigenvalue weighted by Gasteiger charge is -2.28. The fourth-order valence-corrected chi connectivity index (χ4v) is 4.33. The molecule has 1 aliphatic rings. The van der Waals surface area contributed by atoms with Gasteiger partial charge in [0, 0.05) is 17.9 Å². The lowest BCUT2D eigenvalue weighted by molar-refractivity contribution is 0.354. The Hall–Kier alpha value is -0.400. The molecule has 0 amide bonds. The van der Waals surface area contributed by atoms with Gasteiger partial charge in [0.15, 0.2) is 0 Å². The average molecular weight is 322 g/mol. The highest BCUT2D eigenvalue weighted by Crippen LogP contribution is 2.26. The zero-order chi connectivity index (χ0) is 12.6. The van der Waals surface area contributed by atoms with Gasteiger partial charge in [-0.15, -0.1) is 0 Å². The molecule has 0 bridgehead atoms. The highest BCUT2D eigenvalue weighted by atomic mass is 79.9.